The van der Waals surface area contributed by atoms with Crippen molar-refractivity contribution in [1.29, 1.82) is 0 Å². The van der Waals surface area contributed by atoms with Gasteiger partial charge in [0.1, 0.15) is 5.69 Å². The van der Waals surface area contributed by atoms with E-state index in [4.69, 9.17) is 16.3 Å². The normalized spacial score (nSPS) is 17.8. The Labute approximate surface area is 133 Å². The van der Waals surface area contributed by atoms with Crippen LogP contribution < -0.4 is 4.74 Å². The first-order valence-corrected chi connectivity index (χ1v) is 7.58. The Morgan fingerprint density at radius 3 is 2.68 bits per heavy atom. The van der Waals surface area contributed by atoms with Crippen LogP contribution in [-0.2, 0) is 5.54 Å². The van der Waals surface area contributed by atoms with Crippen molar-refractivity contribution in [1.82, 2.24) is 9.88 Å². The Bertz CT molecular complexity index is 799. The van der Waals surface area contributed by atoms with Crippen molar-refractivity contribution in [2.75, 3.05) is 14.2 Å². The van der Waals surface area contributed by atoms with Crippen molar-refractivity contribution in [2.24, 2.45) is 0 Å². The zero-order valence-corrected chi connectivity index (χ0v) is 13.1. The smallest absolute Gasteiger partial charge is 0.273 e. The van der Waals surface area contributed by atoms with E-state index in [1.54, 1.807) is 13.2 Å². The van der Waals surface area contributed by atoms with Crippen molar-refractivity contribution < 1.29 is 9.53 Å². The second kappa shape index (κ2) is 4.46. The van der Waals surface area contributed by atoms with Crippen molar-refractivity contribution in [3.63, 3.8) is 0 Å². The van der Waals surface area contributed by atoms with E-state index >= 15 is 0 Å². The minimum Gasteiger partial charge on any atom is -0.481 e. The Balaban J connectivity index is 2.05. The minimum atomic E-state index is -0.217. The second-order valence-corrected chi connectivity index (χ2v) is 6.27. The summed E-state index contributed by atoms with van der Waals surface area (Å²) in [6.07, 6.45) is 1.93. The molecular formula is C17H15ClN2O2. The molecule has 5 heteroatoms. The first kappa shape index (κ1) is 13.6. The fourth-order valence-electron chi connectivity index (χ4n) is 3.34. The van der Waals surface area contributed by atoms with Gasteiger partial charge in [-0.3, -0.25) is 4.79 Å². The van der Waals surface area contributed by atoms with Gasteiger partial charge in [-0.25, -0.2) is 4.98 Å². The van der Waals surface area contributed by atoms with Gasteiger partial charge in [0.15, 0.2) is 0 Å². The molecule has 1 spiro atoms. The molecule has 1 aromatic heterocycles. The number of hydrogen-bond acceptors (Lipinski definition) is 3. The van der Waals surface area contributed by atoms with Crippen LogP contribution >= 0.6 is 11.6 Å². The summed E-state index contributed by atoms with van der Waals surface area (Å²) in [5.41, 5.74) is 3.17. The minimum absolute atomic E-state index is 0.0706. The molecule has 0 atom stereocenters. The van der Waals surface area contributed by atoms with Crippen LogP contribution in [0.4, 0.5) is 0 Å². The van der Waals surface area contributed by atoms with Crippen LogP contribution in [0.3, 0.4) is 0 Å². The zero-order valence-electron chi connectivity index (χ0n) is 12.4. The van der Waals surface area contributed by atoms with Gasteiger partial charge in [0, 0.05) is 23.7 Å². The molecule has 112 valence electrons. The number of aromatic nitrogens is 1. The average molecular weight is 315 g/mol. The SMILES string of the molecule is COc1ccc2c(n1)C(=O)N(C)C1(CC1)c1ccc(Cl)cc1-2. The number of hydrogen-bond donors (Lipinski definition) is 0. The van der Waals surface area contributed by atoms with Crippen LogP contribution in [0.25, 0.3) is 11.1 Å². The number of methoxy groups -OCH3 is 1. The van der Waals surface area contributed by atoms with Crippen LogP contribution in [-0.4, -0.2) is 29.9 Å². The van der Waals surface area contributed by atoms with E-state index < -0.39 is 0 Å². The second-order valence-electron chi connectivity index (χ2n) is 5.84. The highest BCUT2D eigenvalue weighted by atomic mass is 35.5. The quantitative estimate of drug-likeness (QED) is 0.809. The maximum absolute atomic E-state index is 12.9. The number of fused-ring (bicyclic) bond motifs is 4. The van der Waals surface area contributed by atoms with E-state index in [2.05, 4.69) is 4.98 Å². The molecule has 0 unspecified atom stereocenters. The Kier molecular flexibility index (Phi) is 2.76. The van der Waals surface area contributed by atoms with Gasteiger partial charge < -0.3 is 9.64 Å². The van der Waals surface area contributed by atoms with Crippen molar-refractivity contribution >= 4 is 17.5 Å². The molecule has 1 aliphatic carbocycles. The number of amides is 1. The molecule has 1 amide bonds. The van der Waals surface area contributed by atoms with Gasteiger partial charge in [-0.15, -0.1) is 0 Å². The Morgan fingerprint density at radius 2 is 2.00 bits per heavy atom. The third-order valence-electron chi connectivity index (χ3n) is 4.72. The molecule has 2 aliphatic rings. The molecule has 1 aliphatic heterocycles. The van der Waals surface area contributed by atoms with Crippen LogP contribution in [0.5, 0.6) is 5.88 Å². The average Bonchev–Trinajstić information content (AvgIpc) is 3.34. The Morgan fingerprint density at radius 1 is 1.23 bits per heavy atom. The molecule has 1 aromatic carbocycles. The van der Waals surface area contributed by atoms with Gasteiger partial charge in [-0.05, 0) is 42.2 Å². The Hall–Kier alpha value is -2.07. The van der Waals surface area contributed by atoms with Gasteiger partial charge in [-0.2, -0.15) is 0 Å². The molecule has 0 saturated heterocycles. The number of pyridine rings is 1. The molecule has 2 heterocycles. The first-order chi connectivity index (χ1) is 10.6. The molecular weight excluding hydrogens is 300 g/mol. The van der Waals surface area contributed by atoms with Crippen LogP contribution in [0, 0.1) is 0 Å². The lowest BCUT2D eigenvalue weighted by molar-refractivity contribution is 0.0703. The monoisotopic (exact) mass is 314 g/mol. The van der Waals surface area contributed by atoms with Crippen molar-refractivity contribution in [2.45, 2.75) is 18.4 Å². The van der Waals surface area contributed by atoms with Crippen LogP contribution in [0.2, 0.25) is 5.02 Å². The summed E-state index contributed by atoms with van der Waals surface area (Å²) in [6, 6.07) is 9.52. The first-order valence-electron chi connectivity index (χ1n) is 7.20. The summed E-state index contributed by atoms with van der Waals surface area (Å²) in [5, 5.41) is 0.660. The van der Waals surface area contributed by atoms with Gasteiger partial charge in [0.2, 0.25) is 5.88 Å². The van der Waals surface area contributed by atoms with Crippen LogP contribution in [0.1, 0.15) is 28.9 Å². The van der Waals surface area contributed by atoms with E-state index in [9.17, 15) is 4.79 Å². The fraction of sp³-hybridized carbons (Fsp3) is 0.294. The largest absolute Gasteiger partial charge is 0.481 e. The van der Waals surface area contributed by atoms with Crippen LogP contribution in [0.15, 0.2) is 30.3 Å². The molecule has 0 radical (unpaired) electrons. The highest BCUT2D eigenvalue weighted by Gasteiger charge is 2.53. The van der Waals surface area contributed by atoms with Crippen molar-refractivity contribution in [3.05, 3.63) is 46.6 Å². The topological polar surface area (TPSA) is 42.4 Å². The molecule has 2 aromatic rings. The van der Waals surface area contributed by atoms with E-state index in [-0.39, 0.29) is 11.4 Å². The molecule has 4 rings (SSSR count). The summed E-state index contributed by atoms with van der Waals surface area (Å²) < 4.78 is 5.18. The lowest BCUT2D eigenvalue weighted by Gasteiger charge is -2.27. The van der Waals surface area contributed by atoms with E-state index in [1.165, 1.54) is 0 Å². The summed E-state index contributed by atoms with van der Waals surface area (Å²) in [4.78, 5) is 19.1. The number of carbonyl (C=O) groups excluding carboxylic acids is 1. The number of carbonyl (C=O) groups is 1. The number of rotatable bonds is 1. The third kappa shape index (κ3) is 1.70. The highest BCUT2D eigenvalue weighted by molar-refractivity contribution is 6.31. The predicted octanol–water partition coefficient (Wildman–Crippen LogP) is 3.49. The highest BCUT2D eigenvalue weighted by Crippen LogP contribution is 2.55. The summed E-state index contributed by atoms with van der Waals surface area (Å²) >= 11 is 6.20. The summed E-state index contributed by atoms with van der Waals surface area (Å²) in [7, 11) is 3.40. The molecule has 4 nitrogen and oxygen atoms in total. The third-order valence-corrected chi connectivity index (χ3v) is 4.96. The lowest BCUT2D eigenvalue weighted by atomic mass is 9.94. The fourth-order valence-corrected chi connectivity index (χ4v) is 3.51. The molecule has 1 fully saturated rings. The van der Waals surface area contributed by atoms with E-state index in [0.29, 0.717) is 16.6 Å². The van der Waals surface area contributed by atoms with Gasteiger partial charge in [0.05, 0.1) is 12.6 Å². The summed E-state index contributed by atoms with van der Waals surface area (Å²) in [6.45, 7) is 0. The van der Waals surface area contributed by atoms with Gasteiger partial charge in [0.25, 0.3) is 5.91 Å². The standard InChI is InChI=1S/C17H15ClN2O2/c1-20-16(21)15-11(4-6-14(19-15)22-2)12-9-10(18)3-5-13(12)17(20)7-8-17/h3-6,9H,7-8H2,1-2H3. The molecule has 22 heavy (non-hydrogen) atoms. The lowest BCUT2D eigenvalue weighted by Crippen LogP contribution is -2.36. The van der Waals surface area contributed by atoms with E-state index in [0.717, 1.165) is 29.5 Å². The van der Waals surface area contributed by atoms with Crippen molar-refractivity contribution in [3.8, 4) is 17.0 Å². The maximum atomic E-state index is 12.9. The molecule has 1 saturated carbocycles. The van der Waals surface area contributed by atoms with Gasteiger partial charge in [-0.1, -0.05) is 17.7 Å². The summed E-state index contributed by atoms with van der Waals surface area (Å²) in [5.74, 6) is 0.370. The number of halogens is 1. The number of ether oxygens (including phenoxy) is 1. The molecule has 0 N–H and O–H groups in total. The number of benzene rings is 1. The van der Waals surface area contributed by atoms with E-state index in [1.807, 2.05) is 36.2 Å². The molecule has 0 bridgehead atoms. The van der Waals surface area contributed by atoms with Gasteiger partial charge >= 0.3 is 0 Å². The zero-order chi connectivity index (χ0) is 15.5. The number of nitrogens with zero attached hydrogens (tertiary/aromatic N) is 2. The predicted molar refractivity (Wildman–Crippen MR) is 84.2 cm³/mol. The maximum Gasteiger partial charge on any atom is 0.273 e.